The summed E-state index contributed by atoms with van der Waals surface area (Å²) in [4.78, 5) is 12.0. The molecule has 0 radical (unpaired) electrons. The Kier molecular flexibility index (Phi) is 8.29. The molecule has 6 heteroatoms. The van der Waals surface area contributed by atoms with Crippen LogP contribution < -0.4 is 0 Å². The molecule has 5 rings (SSSR count). The molecule has 0 spiro atoms. The number of hydrogen-bond acceptors (Lipinski definition) is 5. The Hall–Kier alpha value is -1.40. The van der Waals surface area contributed by atoms with Crippen molar-refractivity contribution in [3.63, 3.8) is 0 Å². The lowest BCUT2D eigenvalue weighted by molar-refractivity contribution is -0.141. The molecule has 2 unspecified atom stereocenters. The van der Waals surface area contributed by atoms with E-state index in [0.29, 0.717) is 47.5 Å². The first-order valence-corrected chi connectivity index (χ1v) is 16.9. The molecule has 39 heavy (non-hydrogen) atoms. The van der Waals surface area contributed by atoms with E-state index in [-0.39, 0.29) is 10.9 Å². The smallest absolute Gasteiger partial charge is 0.305 e. The lowest BCUT2D eigenvalue weighted by Gasteiger charge is -2.61. The van der Waals surface area contributed by atoms with Gasteiger partial charge in [-0.2, -0.15) is 8.42 Å². The first-order chi connectivity index (χ1) is 18.5. The summed E-state index contributed by atoms with van der Waals surface area (Å²) >= 11 is 0. The number of esters is 1. The third-order valence-corrected chi connectivity index (χ3v) is 13.6. The molecular weight excluding hydrogens is 508 g/mol. The van der Waals surface area contributed by atoms with E-state index < -0.39 is 10.1 Å². The summed E-state index contributed by atoms with van der Waals surface area (Å²) in [7, 11) is -2.21. The highest BCUT2D eigenvalue weighted by Crippen LogP contribution is 2.68. The molecule has 4 aliphatic carbocycles. The largest absolute Gasteiger partial charge is 0.469 e. The van der Waals surface area contributed by atoms with Crippen molar-refractivity contribution in [3.05, 3.63) is 29.8 Å². The van der Waals surface area contributed by atoms with Crippen molar-refractivity contribution in [3.8, 4) is 0 Å². The molecule has 0 bridgehead atoms. The van der Waals surface area contributed by atoms with Gasteiger partial charge in [0.25, 0.3) is 10.1 Å². The van der Waals surface area contributed by atoms with Crippen molar-refractivity contribution in [2.75, 3.05) is 13.7 Å². The van der Waals surface area contributed by atoms with Crippen LogP contribution in [-0.4, -0.2) is 28.1 Å². The molecule has 0 saturated heterocycles. The van der Waals surface area contributed by atoms with Crippen molar-refractivity contribution >= 4 is 16.1 Å². The van der Waals surface area contributed by atoms with Crippen molar-refractivity contribution in [1.82, 2.24) is 0 Å². The van der Waals surface area contributed by atoms with E-state index in [0.717, 1.165) is 42.6 Å². The highest BCUT2D eigenvalue weighted by atomic mass is 32.2. The molecular formula is C33H50O5S. The predicted octanol–water partition coefficient (Wildman–Crippen LogP) is 7.56. The van der Waals surface area contributed by atoms with E-state index in [1.165, 1.54) is 52.1 Å². The minimum absolute atomic E-state index is 0.0785. The van der Waals surface area contributed by atoms with E-state index in [2.05, 4.69) is 20.8 Å². The van der Waals surface area contributed by atoms with Gasteiger partial charge >= 0.3 is 5.97 Å². The maximum Gasteiger partial charge on any atom is 0.305 e. The molecule has 5 nitrogen and oxygen atoms in total. The summed E-state index contributed by atoms with van der Waals surface area (Å²) < 4.78 is 36.1. The summed E-state index contributed by atoms with van der Waals surface area (Å²) in [5.41, 5.74) is 1.81. The molecule has 0 N–H and O–H groups in total. The van der Waals surface area contributed by atoms with E-state index in [1.54, 1.807) is 12.1 Å². The fourth-order valence-electron chi connectivity index (χ4n) is 10.1. The fraction of sp³-hybridized carbons (Fsp3) is 0.788. The predicted molar refractivity (Wildman–Crippen MR) is 153 cm³/mol. The van der Waals surface area contributed by atoms with Gasteiger partial charge in [-0.3, -0.25) is 8.98 Å². The van der Waals surface area contributed by atoms with Crippen LogP contribution in [0, 0.1) is 59.2 Å². The third kappa shape index (κ3) is 5.46. The average Bonchev–Trinajstić information content (AvgIpc) is 3.28. The van der Waals surface area contributed by atoms with Gasteiger partial charge in [0.15, 0.2) is 0 Å². The van der Waals surface area contributed by atoms with Crippen LogP contribution in [0.3, 0.4) is 0 Å². The second-order valence-electron chi connectivity index (χ2n) is 14.2. The Balaban J connectivity index is 1.20. The summed E-state index contributed by atoms with van der Waals surface area (Å²) in [6.45, 7) is 9.79. The van der Waals surface area contributed by atoms with Gasteiger partial charge in [-0.25, -0.2) is 0 Å². The second-order valence-corrected chi connectivity index (χ2v) is 15.8. The fourth-order valence-corrected chi connectivity index (χ4v) is 11.1. The van der Waals surface area contributed by atoms with Gasteiger partial charge in [0.1, 0.15) is 0 Å². The monoisotopic (exact) mass is 558 g/mol. The summed E-state index contributed by atoms with van der Waals surface area (Å²) in [5, 5.41) is 0. The second kappa shape index (κ2) is 11.1. The van der Waals surface area contributed by atoms with Crippen molar-refractivity contribution in [2.24, 2.45) is 52.3 Å². The van der Waals surface area contributed by atoms with Crippen LogP contribution in [0.1, 0.15) is 97.0 Å². The van der Waals surface area contributed by atoms with Crippen LogP contribution in [0.4, 0.5) is 0 Å². The Morgan fingerprint density at radius 3 is 2.38 bits per heavy atom. The van der Waals surface area contributed by atoms with Crippen LogP contribution >= 0.6 is 0 Å². The minimum atomic E-state index is -3.71. The van der Waals surface area contributed by atoms with Crippen molar-refractivity contribution < 1.29 is 22.1 Å². The molecule has 1 aromatic carbocycles. The van der Waals surface area contributed by atoms with Gasteiger partial charge in [0, 0.05) is 6.42 Å². The number of aryl methyl sites for hydroxylation is 1. The van der Waals surface area contributed by atoms with Crippen molar-refractivity contribution in [1.29, 1.82) is 0 Å². The van der Waals surface area contributed by atoms with E-state index in [9.17, 15) is 13.2 Å². The maximum absolute atomic E-state index is 12.8. The summed E-state index contributed by atoms with van der Waals surface area (Å²) in [6.07, 6.45) is 12.7. The number of methoxy groups -OCH3 is 1. The molecule has 4 aliphatic rings. The first-order valence-electron chi connectivity index (χ1n) is 15.5. The van der Waals surface area contributed by atoms with Crippen LogP contribution in [0.2, 0.25) is 0 Å². The Morgan fingerprint density at radius 2 is 1.67 bits per heavy atom. The number of carbonyl (C=O) groups is 1. The van der Waals surface area contributed by atoms with Crippen LogP contribution in [-0.2, 0) is 23.8 Å². The molecule has 4 saturated carbocycles. The standard InChI is InChI=1S/C33H50O5S/c1-22-6-10-26(11-7-22)39(35,36)38-21-24-16-18-32(3)25(20-24)9-12-27-29-14-13-28(23(2)8-15-31(34)37-5)33(29,4)19-17-30(27)32/h6-7,10-11,23-25,27-30H,8-9,12-21H2,1-5H3/t23-,24?,25?,27+,28-,29+,30+,32+,33-/m1/s1. The molecule has 0 aromatic heterocycles. The minimum Gasteiger partial charge on any atom is -0.469 e. The number of carbonyl (C=O) groups excluding carboxylic acids is 1. The molecule has 1 aromatic rings. The lowest BCUT2D eigenvalue weighted by Crippen LogP contribution is -2.54. The summed E-state index contributed by atoms with van der Waals surface area (Å²) in [6, 6.07) is 6.94. The number of ether oxygens (including phenoxy) is 1. The molecule has 0 amide bonds. The SMILES string of the molecule is COC(=O)CC[C@@H](C)[C@H]1CC[C@H]2[C@@H]3CCC4CC(COS(=O)(=O)c5ccc(C)cc5)CC[C@]4(C)[C@H]3CC[C@]12C. The quantitative estimate of drug-likeness (QED) is 0.243. The molecule has 218 valence electrons. The normalized spacial score (nSPS) is 38.8. The number of fused-ring (bicyclic) bond motifs is 5. The topological polar surface area (TPSA) is 69.7 Å². The van der Waals surface area contributed by atoms with Crippen LogP contribution in [0.15, 0.2) is 29.2 Å². The molecule has 0 aliphatic heterocycles. The number of benzene rings is 1. The van der Waals surface area contributed by atoms with Gasteiger partial charge in [-0.1, -0.05) is 38.5 Å². The van der Waals surface area contributed by atoms with Gasteiger partial charge in [0.05, 0.1) is 18.6 Å². The highest BCUT2D eigenvalue weighted by molar-refractivity contribution is 7.86. The number of rotatable bonds is 8. The van der Waals surface area contributed by atoms with E-state index in [4.69, 9.17) is 8.92 Å². The summed E-state index contributed by atoms with van der Waals surface area (Å²) in [5.74, 6) is 4.60. The Morgan fingerprint density at radius 1 is 0.974 bits per heavy atom. The van der Waals surface area contributed by atoms with Crippen LogP contribution in [0.25, 0.3) is 0 Å². The average molecular weight is 559 g/mol. The first kappa shape index (κ1) is 29.1. The van der Waals surface area contributed by atoms with Gasteiger partial charge in [-0.15, -0.1) is 0 Å². The Bertz CT molecular complexity index is 1130. The van der Waals surface area contributed by atoms with Gasteiger partial charge < -0.3 is 4.74 Å². The lowest BCUT2D eigenvalue weighted by atomic mass is 9.44. The zero-order valence-corrected chi connectivity index (χ0v) is 25.6. The number of hydrogen-bond donors (Lipinski definition) is 0. The maximum atomic E-state index is 12.8. The highest BCUT2D eigenvalue weighted by Gasteiger charge is 2.60. The molecule has 4 fully saturated rings. The zero-order chi connectivity index (χ0) is 28.0. The third-order valence-electron chi connectivity index (χ3n) is 12.3. The Labute approximate surface area is 236 Å². The van der Waals surface area contributed by atoms with E-state index in [1.807, 2.05) is 19.1 Å². The van der Waals surface area contributed by atoms with Gasteiger partial charge in [-0.05, 0) is 136 Å². The van der Waals surface area contributed by atoms with Gasteiger partial charge in [0.2, 0.25) is 0 Å². The molecule has 9 atom stereocenters. The van der Waals surface area contributed by atoms with E-state index >= 15 is 0 Å². The molecule has 0 heterocycles. The van der Waals surface area contributed by atoms with Crippen LogP contribution in [0.5, 0.6) is 0 Å². The van der Waals surface area contributed by atoms with Crippen molar-refractivity contribution in [2.45, 2.75) is 103 Å². The zero-order valence-electron chi connectivity index (χ0n) is 24.8.